The number of pyridine rings is 1. The predicted octanol–water partition coefficient (Wildman–Crippen LogP) is 5.03. The molecule has 4 N–H and O–H groups in total. The van der Waals surface area contributed by atoms with Crippen molar-refractivity contribution in [2.24, 2.45) is 0 Å². The number of nitrogen functional groups attached to an aromatic ring is 1. The van der Waals surface area contributed by atoms with Gasteiger partial charge in [0.15, 0.2) is 0 Å². The fourth-order valence-corrected chi connectivity index (χ4v) is 3.25. The monoisotopic (exact) mass is 357 g/mol. The van der Waals surface area contributed by atoms with Gasteiger partial charge in [-0.3, -0.25) is 0 Å². The van der Waals surface area contributed by atoms with Crippen LogP contribution in [0.2, 0.25) is 0 Å². The number of nitrogens with two attached hydrogens (primary N) is 1. The number of hydrogen-bond acceptors (Lipinski definition) is 4. The van der Waals surface area contributed by atoms with Gasteiger partial charge in [0.25, 0.3) is 0 Å². The van der Waals surface area contributed by atoms with Crippen LogP contribution >= 0.6 is 0 Å². The molecule has 0 bridgehead atoms. The molecule has 5 heteroatoms. The number of rotatable bonds is 3. The highest BCUT2D eigenvalue weighted by molar-refractivity contribution is 6.09. The Labute approximate surface area is 156 Å². The minimum absolute atomic E-state index is 0.184. The number of aryl methyl sites for hydroxylation is 2. The van der Waals surface area contributed by atoms with Crippen LogP contribution in [-0.4, -0.2) is 16.1 Å². The molecule has 0 aliphatic heterocycles. The fraction of sp³-hybridized carbons (Fsp3) is 0.0909. The quantitative estimate of drug-likeness (QED) is 0.353. The third-order valence-electron chi connectivity index (χ3n) is 4.80. The fourth-order valence-electron chi connectivity index (χ4n) is 3.25. The molecular formula is C22H19N3O2. The molecule has 0 amide bonds. The molecule has 27 heavy (non-hydrogen) atoms. The number of carbonyl (C=O) groups is 1. The average molecular weight is 357 g/mol. The Kier molecular flexibility index (Phi) is 3.92. The number of anilines is 3. The van der Waals surface area contributed by atoms with Crippen molar-refractivity contribution in [1.82, 2.24) is 4.98 Å². The lowest BCUT2D eigenvalue weighted by molar-refractivity contribution is 0.0699. The lowest BCUT2D eigenvalue weighted by Crippen LogP contribution is -2.02. The molecule has 5 nitrogen and oxygen atoms in total. The molecule has 0 aliphatic carbocycles. The Morgan fingerprint density at radius 3 is 2.56 bits per heavy atom. The van der Waals surface area contributed by atoms with Crippen molar-refractivity contribution in [1.29, 1.82) is 0 Å². The van der Waals surface area contributed by atoms with Gasteiger partial charge in [-0.05, 0) is 55.3 Å². The zero-order valence-corrected chi connectivity index (χ0v) is 15.1. The Balaban J connectivity index is 1.96. The molecule has 3 aromatic carbocycles. The van der Waals surface area contributed by atoms with Crippen molar-refractivity contribution in [3.63, 3.8) is 0 Å². The summed E-state index contributed by atoms with van der Waals surface area (Å²) in [6, 6.07) is 17.0. The van der Waals surface area contributed by atoms with E-state index >= 15 is 0 Å². The number of nitrogens with one attached hydrogen (secondary N) is 1. The van der Waals surface area contributed by atoms with Crippen molar-refractivity contribution < 1.29 is 9.90 Å². The Hall–Kier alpha value is -3.60. The van der Waals surface area contributed by atoms with Crippen LogP contribution in [0.25, 0.3) is 21.8 Å². The molecule has 1 heterocycles. The highest BCUT2D eigenvalue weighted by Crippen LogP contribution is 2.32. The van der Waals surface area contributed by atoms with Gasteiger partial charge >= 0.3 is 5.97 Å². The van der Waals surface area contributed by atoms with Crippen molar-refractivity contribution in [3.8, 4) is 0 Å². The van der Waals surface area contributed by atoms with Crippen LogP contribution in [0.3, 0.4) is 0 Å². The summed E-state index contributed by atoms with van der Waals surface area (Å²) in [5.74, 6) is -0.994. The first kappa shape index (κ1) is 16.8. The molecule has 0 atom stereocenters. The van der Waals surface area contributed by atoms with Crippen LogP contribution in [0.5, 0.6) is 0 Å². The second kappa shape index (κ2) is 6.29. The van der Waals surface area contributed by atoms with E-state index in [1.54, 1.807) is 12.1 Å². The van der Waals surface area contributed by atoms with Gasteiger partial charge in [0.1, 0.15) is 0 Å². The molecular weight excluding hydrogens is 338 g/mol. The van der Waals surface area contributed by atoms with E-state index in [1.165, 1.54) is 0 Å². The molecule has 0 spiro atoms. The number of nitrogens with zero attached hydrogens (tertiary/aromatic N) is 1. The minimum atomic E-state index is -0.994. The molecule has 0 saturated carbocycles. The van der Waals surface area contributed by atoms with E-state index < -0.39 is 5.97 Å². The lowest BCUT2D eigenvalue weighted by atomic mass is 10.0. The van der Waals surface area contributed by atoms with Gasteiger partial charge < -0.3 is 16.2 Å². The molecule has 1 aromatic heterocycles. The molecule has 0 saturated heterocycles. The van der Waals surface area contributed by atoms with Crippen molar-refractivity contribution in [3.05, 3.63) is 71.3 Å². The number of para-hydroxylation sites is 1. The second-order valence-electron chi connectivity index (χ2n) is 6.69. The first-order valence-corrected chi connectivity index (χ1v) is 8.63. The minimum Gasteiger partial charge on any atom is -0.478 e. The Morgan fingerprint density at radius 1 is 1.00 bits per heavy atom. The highest BCUT2D eigenvalue weighted by atomic mass is 16.4. The molecule has 0 aliphatic rings. The summed E-state index contributed by atoms with van der Waals surface area (Å²) in [4.78, 5) is 16.4. The van der Waals surface area contributed by atoms with Crippen LogP contribution in [0, 0.1) is 13.8 Å². The first-order valence-electron chi connectivity index (χ1n) is 8.63. The lowest BCUT2D eigenvalue weighted by Gasteiger charge is -2.14. The summed E-state index contributed by atoms with van der Waals surface area (Å²) < 4.78 is 0. The van der Waals surface area contributed by atoms with Gasteiger partial charge in [0.2, 0.25) is 0 Å². The molecule has 4 rings (SSSR count). The van der Waals surface area contributed by atoms with Crippen LogP contribution in [0.1, 0.15) is 21.5 Å². The van der Waals surface area contributed by atoms with Crippen LogP contribution in [0.4, 0.5) is 17.1 Å². The second-order valence-corrected chi connectivity index (χ2v) is 6.69. The van der Waals surface area contributed by atoms with Crippen LogP contribution in [0.15, 0.2) is 54.6 Å². The van der Waals surface area contributed by atoms with Crippen molar-refractivity contribution in [2.45, 2.75) is 13.8 Å². The van der Waals surface area contributed by atoms with Crippen molar-refractivity contribution >= 4 is 44.8 Å². The average Bonchev–Trinajstić information content (AvgIpc) is 2.64. The number of carboxylic acids is 1. The van der Waals surface area contributed by atoms with E-state index in [4.69, 9.17) is 5.73 Å². The van der Waals surface area contributed by atoms with E-state index in [-0.39, 0.29) is 5.56 Å². The maximum absolute atomic E-state index is 11.7. The van der Waals surface area contributed by atoms with Gasteiger partial charge in [-0.1, -0.05) is 24.3 Å². The zero-order chi connectivity index (χ0) is 19.1. The van der Waals surface area contributed by atoms with E-state index in [1.807, 2.05) is 56.3 Å². The number of aromatic nitrogens is 1. The maximum Gasteiger partial charge on any atom is 0.337 e. The Bertz CT molecular complexity index is 1220. The van der Waals surface area contributed by atoms with Gasteiger partial charge in [-0.25, -0.2) is 9.78 Å². The van der Waals surface area contributed by atoms with Gasteiger partial charge in [-0.15, -0.1) is 0 Å². The molecule has 0 radical (unpaired) electrons. The van der Waals surface area contributed by atoms with Crippen LogP contribution < -0.4 is 11.1 Å². The Morgan fingerprint density at radius 2 is 1.81 bits per heavy atom. The summed E-state index contributed by atoms with van der Waals surface area (Å²) >= 11 is 0. The first-order chi connectivity index (χ1) is 12.9. The topological polar surface area (TPSA) is 88.2 Å². The SMILES string of the molecule is Cc1ccc(Nc2ccc(C(=O)O)c3nc4c(C)cccc4cc23)cc1N. The number of aromatic carboxylic acids is 1. The molecule has 0 unspecified atom stereocenters. The third-order valence-corrected chi connectivity index (χ3v) is 4.80. The molecule has 4 aromatic rings. The number of benzene rings is 3. The summed E-state index contributed by atoms with van der Waals surface area (Å²) in [5, 5.41) is 14.7. The zero-order valence-electron chi connectivity index (χ0n) is 15.1. The molecule has 0 fully saturated rings. The van der Waals surface area contributed by atoms with Crippen LogP contribution in [-0.2, 0) is 0 Å². The summed E-state index contributed by atoms with van der Waals surface area (Å²) in [5.41, 5.74) is 11.8. The van der Waals surface area contributed by atoms with E-state index in [9.17, 15) is 9.90 Å². The molecule has 134 valence electrons. The van der Waals surface area contributed by atoms with E-state index in [2.05, 4.69) is 10.3 Å². The number of carboxylic acid groups (broad SMARTS) is 1. The van der Waals surface area contributed by atoms with Gasteiger partial charge in [0, 0.05) is 27.8 Å². The number of fused-ring (bicyclic) bond motifs is 2. The summed E-state index contributed by atoms with van der Waals surface area (Å²) in [6.07, 6.45) is 0. The van der Waals surface area contributed by atoms with E-state index in [0.29, 0.717) is 11.2 Å². The van der Waals surface area contributed by atoms with E-state index in [0.717, 1.165) is 38.8 Å². The third kappa shape index (κ3) is 2.93. The standard InChI is InChI=1S/C22H19N3O2/c1-12-6-7-15(11-18(12)23)24-19-9-8-16(22(26)27)21-17(19)10-14-5-3-4-13(2)20(14)25-21/h3-11,24H,23H2,1-2H3,(H,26,27). The largest absolute Gasteiger partial charge is 0.478 e. The number of hydrogen-bond donors (Lipinski definition) is 3. The van der Waals surface area contributed by atoms with Gasteiger partial charge in [-0.2, -0.15) is 0 Å². The van der Waals surface area contributed by atoms with Crippen molar-refractivity contribution in [2.75, 3.05) is 11.1 Å². The summed E-state index contributed by atoms with van der Waals surface area (Å²) in [6.45, 7) is 3.92. The maximum atomic E-state index is 11.7. The summed E-state index contributed by atoms with van der Waals surface area (Å²) in [7, 11) is 0. The smallest absolute Gasteiger partial charge is 0.337 e. The normalized spacial score (nSPS) is 11.0. The van der Waals surface area contributed by atoms with Gasteiger partial charge in [0.05, 0.1) is 16.6 Å². The highest BCUT2D eigenvalue weighted by Gasteiger charge is 2.15. The predicted molar refractivity (Wildman–Crippen MR) is 110 cm³/mol.